The lowest BCUT2D eigenvalue weighted by atomic mass is 9.73. The predicted molar refractivity (Wildman–Crippen MR) is 129 cm³/mol. The highest BCUT2D eigenvalue weighted by atomic mass is 32.1. The van der Waals surface area contributed by atoms with Gasteiger partial charge in [0.25, 0.3) is 0 Å². The smallest absolute Gasteiger partial charge is 0.475 e. The Hall–Kier alpha value is -2.75. The van der Waals surface area contributed by atoms with E-state index >= 15 is 0 Å². The number of hydrogen-bond acceptors (Lipinski definition) is 7. The first-order valence-electron chi connectivity index (χ1n) is 11.7. The number of halogens is 6. The van der Waals surface area contributed by atoms with Gasteiger partial charge < -0.3 is 20.3 Å². The fourth-order valence-electron chi connectivity index (χ4n) is 4.55. The maximum absolute atomic E-state index is 10.6. The first kappa shape index (κ1) is 32.5. The summed E-state index contributed by atoms with van der Waals surface area (Å²) in [6.07, 6.45) is -4.54. The third-order valence-electron chi connectivity index (χ3n) is 6.34. The zero-order valence-electron chi connectivity index (χ0n) is 20.9. The minimum absolute atomic E-state index is 0.348. The topological polar surface area (TPSA) is 112 Å². The second kappa shape index (κ2) is 14.1. The van der Waals surface area contributed by atoms with E-state index in [1.165, 1.54) is 42.9 Å². The number of piperidine rings is 1. The maximum atomic E-state index is 10.6. The highest BCUT2D eigenvalue weighted by Crippen LogP contribution is 2.50. The van der Waals surface area contributed by atoms with Crippen LogP contribution in [-0.4, -0.2) is 77.7 Å². The fraction of sp³-hybridized carbons (Fsp3) is 0.542. The first-order valence-corrected chi connectivity index (χ1v) is 12.6. The van der Waals surface area contributed by atoms with Crippen LogP contribution in [0.3, 0.4) is 0 Å². The second-order valence-electron chi connectivity index (χ2n) is 8.88. The number of hydrogen-bond donors (Lipinski definition) is 3. The van der Waals surface area contributed by atoms with Gasteiger partial charge in [-0.05, 0) is 48.9 Å². The summed E-state index contributed by atoms with van der Waals surface area (Å²) in [4.78, 5) is 24.8. The zero-order chi connectivity index (χ0) is 29.3. The summed E-state index contributed by atoms with van der Waals surface area (Å²) >= 11 is 1.77. The first-order chi connectivity index (χ1) is 18.2. The van der Waals surface area contributed by atoms with Crippen LogP contribution in [0, 0.1) is 0 Å². The van der Waals surface area contributed by atoms with Crippen LogP contribution in [0.1, 0.15) is 41.4 Å². The van der Waals surface area contributed by atoms with Crippen molar-refractivity contribution in [2.24, 2.45) is 0 Å². The molecule has 1 saturated heterocycles. The third-order valence-corrected chi connectivity index (χ3v) is 7.10. The Morgan fingerprint density at radius 2 is 1.67 bits per heavy atom. The third kappa shape index (κ3) is 9.74. The molecule has 8 nitrogen and oxygen atoms in total. The number of alkyl halides is 6. The monoisotopic (exact) mass is 585 g/mol. The molecule has 1 unspecified atom stereocenters. The number of aliphatic carboxylic acids is 2. The minimum atomic E-state index is -5.08. The molecule has 1 fully saturated rings. The average Bonchev–Trinajstić information content (AvgIpc) is 3.47. The van der Waals surface area contributed by atoms with Crippen molar-refractivity contribution < 1.29 is 50.9 Å². The molecule has 2 aromatic rings. The van der Waals surface area contributed by atoms with Crippen LogP contribution in [0.5, 0.6) is 0 Å². The largest absolute Gasteiger partial charge is 0.490 e. The number of aromatic nitrogens is 1. The van der Waals surface area contributed by atoms with Gasteiger partial charge in [0, 0.05) is 31.3 Å². The van der Waals surface area contributed by atoms with Crippen LogP contribution in [-0.2, 0) is 26.3 Å². The van der Waals surface area contributed by atoms with Crippen LogP contribution in [0.15, 0.2) is 35.8 Å². The molecular weight excluding hydrogens is 556 g/mol. The molecule has 4 rings (SSSR count). The van der Waals surface area contributed by atoms with E-state index in [0.29, 0.717) is 11.5 Å². The van der Waals surface area contributed by atoms with Gasteiger partial charge in [-0.2, -0.15) is 26.3 Å². The molecule has 0 radical (unpaired) electrons. The Morgan fingerprint density at radius 1 is 1.10 bits per heavy atom. The van der Waals surface area contributed by atoms with Gasteiger partial charge in [0.15, 0.2) is 0 Å². The number of methoxy groups -OCH3 is 1. The summed E-state index contributed by atoms with van der Waals surface area (Å²) in [5.74, 6) is -5.51. The lowest BCUT2D eigenvalue weighted by Gasteiger charge is -2.40. The van der Waals surface area contributed by atoms with E-state index in [-0.39, 0.29) is 0 Å². The molecule has 1 aromatic heterocycles. The summed E-state index contributed by atoms with van der Waals surface area (Å²) < 4.78 is 68.7. The van der Waals surface area contributed by atoms with E-state index in [0.717, 1.165) is 19.7 Å². The normalized spacial score (nSPS) is 18.4. The number of carbonyl (C=O) groups is 2. The molecular formula is C24H29F6N3O5S. The van der Waals surface area contributed by atoms with E-state index in [4.69, 9.17) is 24.5 Å². The van der Waals surface area contributed by atoms with Crippen LogP contribution in [0.25, 0.3) is 0 Å². The summed E-state index contributed by atoms with van der Waals surface area (Å²) in [5.41, 5.74) is 3.44. The van der Waals surface area contributed by atoms with Gasteiger partial charge in [0.2, 0.25) is 0 Å². The lowest BCUT2D eigenvalue weighted by molar-refractivity contribution is -0.193. The molecule has 2 aliphatic rings. The molecule has 0 amide bonds. The summed E-state index contributed by atoms with van der Waals surface area (Å²) in [5, 5.41) is 21.3. The van der Waals surface area contributed by atoms with Crippen molar-refractivity contribution in [1.29, 1.82) is 0 Å². The molecule has 1 aromatic carbocycles. The zero-order valence-corrected chi connectivity index (χ0v) is 21.7. The molecule has 1 aliphatic carbocycles. The number of carboxylic acids is 2. The van der Waals surface area contributed by atoms with Crippen molar-refractivity contribution >= 4 is 23.3 Å². The van der Waals surface area contributed by atoms with Crippen LogP contribution >= 0.6 is 11.3 Å². The fourth-order valence-corrected chi connectivity index (χ4v) is 5.20. The summed E-state index contributed by atoms with van der Waals surface area (Å²) in [7, 11) is 1.77. The van der Waals surface area contributed by atoms with E-state index < -0.39 is 24.3 Å². The summed E-state index contributed by atoms with van der Waals surface area (Å²) in [6, 6.07) is 9.54. The number of nitrogens with zero attached hydrogens (tertiary/aromatic N) is 2. The molecule has 1 atom stereocenters. The number of carboxylic acid groups (broad SMARTS) is 2. The number of ether oxygens (including phenoxy) is 1. The van der Waals surface area contributed by atoms with Crippen LogP contribution < -0.4 is 5.32 Å². The lowest BCUT2D eigenvalue weighted by Crippen LogP contribution is -2.41. The number of thiazole rings is 1. The number of benzene rings is 1. The van der Waals surface area contributed by atoms with Gasteiger partial charge in [0.05, 0.1) is 13.2 Å². The van der Waals surface area contributed by atoms with Crippen molar-refractivity contribution in [3.8, 4) is 0 Å². The number of nitrogens with one attached hydrogen (secondary N) is 1. The molecule has 39 heavy (non-hydrogen) atoms. The van der Waals surface area contributed by atoms with Crippen molar-refractivity contribution in [3.05, 3.63) is 52.0 Å². The molecule has 1 aliphatic heterocycles. The average molecular weight is 586 g/mol. The molecule has 3 N–H and O–H groups in total. The number of rotatable bonds is 6. The van der Waals surface area contributed by atoms with E-state index in [9.17, 15) is 26.3 Å². The number of fused-ring (bicyclic) bond motifs is 2. The van der Waals surface area contributed by atoms with Gasteiger partial charge in [-0.25, -0.2) is 14.6 Å². The summed E-state index contributed by atoms with van der Waals surface area (Å²) in [6.45, 7) is 5.03. The molecule has 0 bridgehead atoms. The second-order valence-corrected chi connectivity index (χ2v) is 9.86. The van der Waals surface area contributed by atoms with Gasteiger partial charge in [0.1, 0.15) is 5.01 Å². The van der Waals surface area contributed by atoms with Crippen molar-refractivity contribution in [1.82, 2.24) is 15.2 Å². The SMILES string of the molecule is COCCNC1CC2(CCN(Cc3nccs3)CC2)c2ccccc21.O=C(O)C(F)(F)F.O=C(O)C(F)(F)F. The predicted octanol–water partition coefficient (Wildman–Crippen LogP) is 4.62. The van der Waals surface area contributed by atoms with Crippen molar-refractivity contribution in [2.45, 2.75) is 49.6 Å². The van der Waals surface area contributed by atoms with Gasteiger partial charge in [-0.15, -0.1) is 11.3 Å². The number of likely N-dealkylation sites (tertiary alicyclic amines) is 1. The van der Waals surface area contributed by atoms with Crippen molar-refractivity contribution in [3.63, 3.8) is 0 Å². The Morgan fingerprint density at radius 3 is 2.15 bits per heavy atom. The van der Waals surface area contributed by atoms with E-state index in [2.05, 4.69) is 44.8 Å². The molecule has 15 heteroatoms. The Balaban J connectivity index is 0.000000317. The van der Waals surface area contributed by atoms with E-state index in [1.54, 1.807) is 24.0 Å². The van der Waals surface area contributed by atoms with Gasteiger partial charge in [-0.3, -0.25) is 4.90 Å². The van der Waals surface area contributed by atoms with Crippen LogP contribution in [0.4, 0.5) is 26.3 Å². The van der Waals surface area contributed by atoms with Gasteiger partial charge in [-0.1, -0.05) is 24.3 Å². The highest BCUT2D eigenvalue weighted by molar-refractivity contribution is 7.09. The molecule has 1 spiro atoms. The molecule has 2 heterocycles. The maximum Gasteiger partial charge on any atom is 0.490 e. The Kier molecular flexibility index (Phi) is 11.7. The Labute approximate surface area is 224 Å². The highest BCUT2D eigenvalue weighted by Gasteiger charge is 2.45. The minimum Gasteiger partial charge on any atom is -0.475 e. The van der Waals surface area contributed by atoms with E-state index in [1.807, 2.05) is 6.20 Å². The van der Waals surface area contributed by atoms with Crippen LogP contribution in [0.2, 0.25) is 0 Å². The molecule has 0 saturated carbocycles. The van der Waals surface area contributed by atoms with Crippen molar-refractivity contribution in [2.75, 3.05) is 33.4 Å². The molecule has 218 valence electrons. The van der Waals surface area contributed by atoms with Gasteiger partial charge >= 0.3 is 24.3 Å². The standard InChI is InChI=1S/C20H27N3OS.2C2HF3O2/c1-24-12-8-21-18-14-20(17-5-3-2-4-16(17)18)6-10-23(11-7-20)15-19-22-9-13-25-19;2*3-2(4,5)1(6)7/h2-5,9,13,18,21H,6-8,10-12,14-15H2,1H3;2*(H,6,7). The quantitative estimate of drug-likeness (QED) is 0.333. The Bertz CT molecular complexity index is 1030.